The number of carbonyl (C=O) groups excluding carboxylic acids is 2. The summed E-state index contributed by atoms with van der Waals surface area (Å²) in [4.78, 5) is 24.2. The molecule has 1 aliphatic heterocycles. The fourth-order valence-electron chi connectivity index (χ4n) is 6.34. The van der Waals surface area contributed by atoms with Crippen LogP contribution in [0.4, 0.5) is 4.39 Å². The molecule has 1 heterocycles. The molecule has 7 atom stereocenters. The van der Waals surface area contributed by atoms with Gasteiger partial charge in [0.15, 0.2) is 17.2 Å². The van der Waals surface area contributed by atoms with Gasteiger partial charge in [-0.1, -0.05) is 25.5 Å². The number of ether oxygens (including phenoxy) is 1. The van der Waals surface area contributed by atoms with Crippen LogP contribution in [0.1, 0.15) is 46.5 Å². The molecule has 148 valence electrons. The minimum Gasteiger partial charge on any atom is -0.390 e. The number of aliphatic hydroxyl groups is 2. The van der Waals surface area contributed by atoms with Crippen LogP contribution in [-0.2, 0) is 14.3 Å². The van der Waals surface area contributed by atoms with Crippen LogP contribution in [0.2, 0.25) is 0 Å². The molecule has 6 heteroatoms. The maximum atomic E-state index is 16.5. The maximum absolute atomic E-state index is 16.5. The number of hydrogen-bond acceptors (Lipinski definition) is 5. The molecular weight excluding hydrogens is 351 g/mol. The van der Waals surface area contributed by atoms with Crippen LogP contribution >= 0.6 is 0 Å². The average molecular weight is 378 g/mol. The van der Waals surface area contributed by atoms with Gasteiger partial charge in [0.1, 0.15) is 17.9 Å². The van der Waals surface area contributed by atoms with Gasteiger partial charge in [-0.25, -0.2) is 4.39 Å². The number of hydrogen-bond donors (Lipinski definition) is 2. The van der Waals surface area contributed by atoms with E-state index < -0.39 is 35.0 Å². The van der Waals surface area contributed by atoms with Crippen molar-refractivity contribution >= 4 is 11.6 Å². The topological polar surface area (TPSA) is 87.1 Å². The van der Waals surface area contributed by atoms with Crippen LogP contribution in [0.3, 0.4) is 0 Å². The summed E-state index contributed by atoms with van der Waals surface area (Å²) in [6.07, 6.45) is 4.34. The molecule has 0 aromatic heterocycles. The molecule has 0 aromatic carbocycles. The number of epoxide rings is 1. The number of Topliss-reactive ketones (excluding diaryl/α,β-unsaturated/α-hetero) is 1. The van der Waals surface area contributed by atoms with Crippen molar-refractivity contribution in [2.75, 3.05) is 6.61 Å². The van der Waals surface area contributed by atoms with E-state index in [0.717, 1.165) is 0 Å². The minimum atomic E-state index is -1.95. The molecule has 3 aliphatic carbocycles. The van der Waals surface area contributed by atoms with Crippen LogP contribution in [0.5, 0.6) is 0 Å². The van der Waals surface area contributed by atoms with Crippen molar-refractivity contribution < 1.29 is 28.9 Å². The van der Waals surface area contributed by atoms with E-state index in [1.54, 1.807) is 13.0 Å². The van der Waals surface area contributed by atoms with Gasteiger partial charge in [-0.05, 0) is 50.2 Å². The first-order chi connectivity index (χ1) is 12.6. The maximum Gasteiger partial charge on any atom is 0.193 e. The number of allylic oxidation sites excluding steroid dienone is 4. The fourth-order valence-corrected chi connectivity index (χ4v) is 6.34. The third-order valence-corrected chi connectivity index (χ3v) is 7.86. The molecule has 0 radical (unpaired) electrons. The number of halogens is 1. The van der Waals surface area contributed by atoms with Gasteiger partial charge in [-0.3, -0.25) is 9.59 Å². The summed E-state index contributed by atoms with van der Waals surface area (Å²) in [5.74, 6) is -0.881. The number of rotatable bonds is 4. The van der Waals surface area contributed by atoms with Crippen molar-refractivity contribution in [1.29, 1.82) is 0 Å². The number of aliphatic hydroxyl groups excluding tert-OH is 2. The van der Waals surface area contributed by atoms with Crippen molar-refractivity contribution in [3.8, 4) is 0 Å². The molecule has 4 aliphatic rings. The molecule has 4 rings (SSSR count). The Morgan fingerprint density at radius 2 is 2.11 bits per heavy atom. The van der Waals surface area contributed by atoms with Gasteiger partial charge in [-0.2, -0.15) is 0 Å². The second-order valence-corrected chi connectivity index (χ2v) is 8.89. The van der Waals surface area contributed by atoms with E-state index in [-0.39, 0.29) is 36.2 Å². The Bertz CT molecular complexity index is 775. The molecule has 2 N–H and O–H groups in total. The quantitative estimate of drug-likeness (QED) is 0.731. The van der Waals surface area contributed by atoms with Gasteiger partial charge in [0.05, 0.1) is 6.10 Å². The average Bonchev–Trinajstić information content (AvgIpc) is 3.25. The highest BCUT2D eigenvalue weighted by molar-refractivity contribution is 6.01. The number of carbonyl (C=O) groups is 2. The first-order valence-electron chi connectivity index (χ1n) is 9.77. The summed E-state index contributed by atoms with van der Waals surface area (Å²) >= 11 is 0. The van der Waals surface area contributed by atoms with E-state index in [9.17, 15) is 19.8 Å². The third kappa shape index (κ3) is 2.04. The summed E-state index contributed by atoms with van der Waals surface area (Å²) in [5, 5.41) is 20.3. The van der Waals surface area contributed by atoms with E-state index >= 15 is 4.39 Å². The van der Waals surface area contributed by atoms with E-state index in [0.29, 0.717) is 18.4 Å². The normalized spacial score (nSPS) is 50.8. The van der Waals surface area contributed by atoms with E-state index in [1.165, 1.54) is 12.2 Å². The lowest BCUT2D eigenvalue weighted by Gasteiger charge is -2.51. The SMILES string of the molecule is CCC1=CC(=O)C=C[C@]1(C)[C@]1(F)C[C@@H]2C[C@@H](C)[C@@]3(C(=O)CO)O[C@]23C[C@@H]1O. The Balaban J connectivity index is 1.72. The van der Waals surface area contributed by atoms with Crippen molar-refractivity contribution in [2.24, 2.45) is 17.3 Å². The summed E-state index contributed by atoms with van der Waals surface area (Å²) < 4.78 is 22.4. The van der Waals surface area contributed by atoms with Crippen LogP contribution in [0, 0.1) is 17.3 Å². The molecule has 5 nitrogen and oxygen atoms in total. The summed E-state index contributed by atoms with van der Waals surface area (Å²) in [6.45, 7) is 4.90. The van der Waals surface area contributed by atoms with E-state index in [1.807, 2.05) is 13.8 Å². The Morgan fingerprint density at radius 1 is 1.41 bits per heavy atom. The van der Waals surface area contributed by atoms with Crippen molar-refractivity contribution in [2.45, 2.75) is 69.4 Å². The largest absolute Gasteiger partial charge is 0.390 e. The van der Waals surface area contributed by atoms with Gasteiger partial charge in [-0.15, -0.1) is 0 Å². The molecule has 1 spiro atoms. The zero-order chi connectivity index (χ0) is 19.8. The van der Waals surface area contributed by atoms with Gasteiger partial charge in [0.2, 0.25) is 0 Å². The zero-order valence-electron chi connectivity index (χ0n) is 16.0. The first-order valence-corrected chi connectivity index (χ1v) is 9.77. The second-order valence-electron chi connectivity index (χ2n) is 8.89. The Morgan fingerprint density at radius 3 is 2.74 bits per heavy atom. The van der Waals surface area contributed by atoms with Crippen LogP contribution in [0.15, 0.2) is 23.8 Å². The van der Waals surface area contributed by atoms with Crippen molar-refractivity contribution in [1.82, 2.24) is 0 Å². The van der Waals surface area contributed by atoms with Crippen LogP contribution in [-0.4, -0.2) is 51.4 Å². The lowest BCUT2D eigenvalue weighted by molar-refractivity contribution is -0.129. The predicted octanol–water partition coefficient (Wildman–Crippen LogP) is 2.06. The predicted molar refractivity (Wildman–Crippen MR) is 95.6 cm³/mol. The second kappa shape index (κ2) is 5.58. The molecule has 0 aromatic rings. The van der Waals surface area contributed by atoms with Crippen molar-refractivity contribution in [3.63, 3.8) is 0 Å². The number of alkyl halides is 1. The highest BCUT2D eigenvalue weighted by atomic mass is 19.1. The van der Waals surface area contributed by atoms with E-state index in [4.69, 9.17) is 4.74 Å². The summed E-state index contributed by atoms with van der Waals surface area (Å²) in [7, 11) is 0. The van der Waals surface area contributed by atoms with Crippen molar-refractivity contribution in [3.05, 3.63) is 23.8 Å². The molecule has 0 unspecified atom stereocenters. The van der Waals surface area contributed by atoms with Gasteiger partial charge < -0.3 is 14.9 Å². The van der Waals surface area contributed by atoms with Gasteiger partial charge in [0, 0.05) is 11.8 Å². The Hall–Kier alpha value is -1.37. The highest BCUT2D eigenvalue weighted by Gasteiger charge is 2.85. The lowest BCUT2D eigenvalue weighted by Crippen LogP contribution is -2.59. The molecule has 1 saturated heterocycles. The molecule has 0 amide bonds. The summed E-state index contributed by atoms with van der Waals surface area (Å²) in [5.41, 5.74) is -4.32. The van der Waals surface area contributed by atoms with Gasteiger partial charge in [0.25, 0.3) is 0 Å². The minimum absolute atomic E-state index is 0.0264. The Labute approximate surface area is 158 Å². The first kappa shape index (κ1) is 19.0. The molecule has 2 saturated carbocycles. The fraction of sp³-hybridized carbons (Fsp3) is 0.714. The van der Waals surface area contributed by atoms with Crippen LogP contribution < -0.4 is 0 Å². The lowest BCUT2D eigenvalue weighted by atomic mass is 9.56. The zero-order valence-corrected chi connectivity index (χ0v) is 16.0. The monoisotopic (exact) mass is 378 g/mol. The standard InChI is InChI=1S/C21H27FO5/c1-4-13-8-15(24)5-6-18(13,3)19(22)9-14-7-12(2)21(17(26)11-23)20(14,27-21)10-16(19)25/h5-6,8,12,14,16,23,25H,4,7,9-11H2,1-3H3/t12-,14+,16+,18+,19+,20-,21+/m1/s1. The third-order valence-electron chi connectivity index (χ3n) is 7.86. The van der Waals surface area contributed by atoms with Crippen LogP contribution in [0.25, 0.3) is 0 Å². The van der Waals surface area contributed by atoms with Gasteiger partial charge >= 0.3 is 0 Å². The number of ketones is 2. The molecule has 3 fully saturated rings. The molecule has 27 heavy (non-hydrogen) atoms. The molecule has 0 bridgehead atoms. The summed E-state index contributed by atoms with van der Waals surface area (Å²) in [6, 6.07) is 0. The Kier molecular flexibility index (Phi) is 3.92. The van der Waals surface area contributed by atoms with E-state index in [2.05, 4.69) is 0 Å². The molecular formula is C21H27FO5. The smallest absolute Gasteiger partial charge is 0.193 e. The highest BCUT2D eigenvalue weighted by Crippen LogP contribution is 2.73.